The lowest BCUT2D eigenvalue weighted by molar-refractivity contribution is -0.118. The quantitative estimate of drug-likeness (QED) is 0.587. The van der Waals surface area contributed by atoms with Crippen LogP contribution in [0.15, 0.2) is 23.1 Å². The summed E-state index contributed by atoms with van der Waals surface area (Å²) in [5.74, 6) is -1.33. The molecule has 0 spiro atoms. The average Bonchev–Trinajstić information content (AvgIpc) is 2.27. The third-order valence-corrected chi connectivity index (χ3v) is 4.40. The van der Waals surface area contributed by atoms with Crippen molar-refractivity contribution in [3.05, 3.63) is 23.2 Å². The Morgan fingerprint density at radius 1 is 1.47 bits per heavy atom. The highest BCUT2D eigenvalue weighted by Gasteiger charge is 2.24. The van der Waals surface area contributed by atoms with Crippen molar-refractivity contribution in [3.8, 4) is 0 Å². The Hall–Kier alpha value is -1.31. The Morgan fingerprint density at radius 2 is 2.16 bits per heavy atom. The summed E-state index contributed by atoms with van der Waals surface area (Å²) in [5, 5.41) is 2.43. The Bertz CT molecular complexity index is 540. The molecule has 3 N–H and O–H groups in total. The molecule has 0 saturated heterocycles. The van der Waals surface area contributed by atoms with Crippen molar-refractivity contribution in [1.82, 2.24) is 5.32 Å². The fourth-order valence-electron chi connectivity index (χ4n) is 1.44. The van der Waals surface area contributed by atoms with Crippen LogP contribution < -0.4 is 11.1 Å². The van der Waals surface area contributed by atoms with Gasteiger partial charge in [0.1, 0.15) is 10.6 Å². The highest BCUT2D eigenvalue weighted by molar-refractivity contribution is 7.92. The zero-order chi connectivity index (χ0) is 14.5. The van der Waals surface area contributed by atoms with Gasteiger partial charge in [-0.2, -0.15) is 0 Å². The molecular weight excluding hydrogens is 292 g/mol. The van der Waals surface area contributed by atoms with Gasteiger partial charge in [0, 0.05) is 13.7 Å². The summed E-state index contributed by atoms with van der Waals surface area (Å²) < 4.78 is 28.9. The van der Waals surface area contributed by atoms with E-state index in [1.807, 2.05) is 0 Å². The number of hydrogen-bond donors (Lipinski definition) is 2. The third-order valence-electron chi connectivity index (χ3n) is 2.26. The summed E-state index contributed by atoms with van der Waals surface area (Å²) in [7, 11) is -2.39. The Labute approximate surface area is 116 Å². The van der Waals surface area contributed by atoms with E-state index in [-0.39, 0.29) is 22.2 Å². The number of halogens is 1. The predicted octanol–water partition coefficient (Wildman–Crippen LogP) is 0.459. The monoisotopic (exact) mass is 306 g/mol. The highest BCUT2D eigenvalue weighted by Crippen LogP contribution is 2.27. The number of carbonyl (C=O) groups excluding carboxylic acids is 1. The zero-order valence-corrected chi connectivity index (χ0v) is 11.9. The molecule has 1 aromatic carbocycles. The lowest BCUT2D eigenvalue weighted by Crippen LogP contribution is -2.32. The molecule has 106 valence electrons. The van der Waals surface area contributed by atoms with Crippen LogP contribution in [0.25, 0.3) is 0 Å². The number of benzene rings is 1. The van der Waals surface area contributed by atoms with E-state index >= 15 is 0 Å². The summed E-state index contributed by atoms with van der Waals surface area (Å²) in [6, 6.07) is 4.37. The van der Waals surface area contributed by atoms with Gasteiger partial charge >= 0.3 is 0 Å². The van der Waals surface area contributed by atoms with Crippen LogP contribution >= 0.6 is 11.6 Å². The van der Waals surface area contributed by atoms with Crippen molar-refractivity contribution in [1.29, 1.82) is 0 Å². The molecule has 0 radical (unpaired) electrons. The number of rotatable bonds is 6. The van der Waals surface area contributed by atoms with E-state index in [4.69, 9.17) is 22.1 Å². The maximum Gasteiger partial charge on any atom is 0.235 e. The number of anilines is 1. The van der Waals surface area contributed by atoms with Crippen LogP contribution in [0.1, 0.15) is 0 Å². The van der Waals surface area contributed by atoms with Gasteiger partial charge in [0.15, 0.2) is 9.84 Å². The highest BCUT2D eigenvalue weighted by atomic mass is 35.5. The van der Waals surface area contributed by atoms with Crippen LogP contribution in [0.2, 0.25) is 5.02 Å². The summed E-state index contributed by atoms with van der Waals surface area (Å²) in [5.41, 5.74) is 5.61. The minimum absolute atomic E-state index is 0.00434. The molecule has 0 atom stereocenters. The van der Waals surface area contributed by atoms with Gasteiger partial charge < -0.3 is 15.8 Å². The van der Waals surface area contributed by atoms with E-state index in [2.05, 4.69) is 5.32 Å². The maximum absolute atomic E-state index is 12.1. The number of hydrogen-bond acceptors (Lipinski definition) is 5. The molecule has 0 bridgehead atoms. The van der Waals surface area contributed by atoms with Gasteiger partial charge in [-0.05, 0) is 12.1 Å². The molecule has 1 aromatic rings. The fraction of sp³-hybridized carbons (Fsp3) is 0.364. The van der Waals surface area contributed by atoms with Crippen molar-refractivity contribution >= 4 is 33.0 Å². The number of amides is 1. The zero-order valence-electron chi connectivity index (χ0n) is 10.3. The Morgan fingerprint density at radius 3 is 2.74 bits per heavy atom. The van der Waals surface area contributed by atoms with Gasteiger partial charge in [0.25, 0.3) is 0 Å². The SMILES string of the molecule is COCCNC(=O)CS(=O)(=O)c1c(N)cccc1Cl. The molecule has 1 rings (SSSR count). The average molecular weight is 307 g/mol. The summed E-state index contributed by atoms with van der Waals surface area (Å²) >= 11 is 5.81. The molecule has 0 unspecified atom stereocenters. The molecule has 0 fully saturated rings. The van der Waals surface area contributed by atoms with Crippen LogP contribution in [-0.4, -0.2) is 40.3 Å². The molecule has 0 aliphatic carbocycles. The molecule has 8 heteroatoms. The minimum atomic E-state index is -3.87. The second-order valence-electron chi connectivity index (χ2n) is 3.76. The van der Waals surface area contributed by atoms with Crippen molar-refractivity contribution in [2.24, 2.45) is 0 Å². The normalized spacial score (nSPS) is 11.3. The maximum atomic E-state index is 12.1. The van der Waals surface area contributed by atoms with E-state index in [9.17, 15) is 13.2 Å². The molecule has 1 amide bonds. The van der Waals surface area contributed by atoms with Gasteiger partial charge in [-0.15, -0.1) is 0 Å². The van der Waals surface area contributed by atoms with Crippen LogP contribution in [0.3, 0.4) is 0 Å². The smallest absolute Gasteiger partial charge is 0.235 e. The molecule has 6 nitrogen and oxygen atoms in total. The summed E-state index contributed by atoms with van der Waals surface area (Å²) in [6.45, 7) is 0.545. The van der Waals surface area contributed by atoms with Crippen molar-refractivity contribution in [3.63, 3.8) is 0 Å². The molecule has 19 heavy (non-hydrogen) atoms. The summed E-state index contributed by atoms with van der Waals surface area (Å²) in [6.07, 6.45) is 0. The van der Waals surface area contributed by atoms with Crippen molar-refractivity contribution < 1.29 is 17.9 Å². The molecule has 0 heterocycles. The second kappa shape index (κ2) is 6.74. The van der Waals surface area contributed by atoms with Crippen LogP contribution in [-0.2, 0) is 19.4 Å². The number of nitrogen functional groups attached to an aromatic ring is 1. The van der Waals surface area contributed by atoms with E-state index < -0.39 is 21.5 Å². The Balaban J connectivity index is 2.84. The van der Waals surface area contributed by atoms with E-state index in [0.29, 0.717) is 6.61 Å². The largest absolute Gasteiger partial charge is 0.398 e. The first-order chi connectivity index (χ1) is 8.88. The molecular formula is C11H15ClN2O4S. The number of ether oxygens (including phenoxy) is 1. The summed E-state index contributed by atoms with van der Waals surface area (Å²) in [4.78, 5) is 11.3. The van der Waals surface area contributed by atoms with Gasteiger partial charge in [0.2, 0.25) is 5.91 Å². The topological polar surface area (TPSA) is 98.5 Å². The number of methoxy groups -OCH3 is 1. The number of nitrogens with two attached hydrogens (primary N) is 1. The number of carbonyl (C=O) groups is 1. The molecule has 0 aliphatic heterocycles. The molecule has 0 saturated carbocycles. The lowest BCUT2D eigenvalue weighted by Gasteiger charge is -2.09. The first-order valence-electron chi connectivity index (χ1n) is 5.41. The third kappa shape index (κ3) is 4.38. The van der Waals surface area contributed by atoms with Crippen LogP contribution in [0.5, 0.6) is 0 Å². The van der Waals surface area contributed by atoms with Crippen molar-refractivity contribution in [2.75, 3.05) is 31.7 Å². The molecule has 0 aromatic heterocycles. The van der Waals surface area contributed by atoms with Gasteiger partial charge in [-0.25, -0.2) is 8.42 Å². The van der Waals surface area contributed by atoms with Gasteiger partial charge in [-0.3, -0.25) is 4.79 Å². The van der Waals surface area contributed by atoms with Crippen molar-refractivity contribution in [2.45, 2.75) is 4.90 Å². The first-order valence-corrected chi connectivity index (χ1v) is 7.44. The van der Waals surface area contributed by atoms with Gasteiger partial charge in [0.05, 0.1) is 17.3 Å². The van der Waals surface area contributed by atoms with Gasteiger partial charge in [-0.1, -0.05) is 17.7 Å². The lowest BCUT2D eigenvalue weighted by atomic mass is 10.3. The fourth-order valence-corrected chi connectivity index (χ4v) is 3.36. The number of nitrogens with one attached hydrogen (secondary N) is 1. The van der Waals surface area contributed by atoms with Crippen LogP contribution in [0.4, 0.5) is 5.69 Å². The van der Waals surface area contributed by atoms with Crippen LogP contribution in [0, 0.1) is 0 Å². The Kier molecular flexibility index (Phi) is 5.59. The minimum Gasteiger partial charge on any atom is -0.398 e. The second-order valence-corrected chi connectivity index (χ2v) is 6.09. The van der Waals surface area contributed by atoms with E-state index in [0.717, 1.165) is 0 Å². The van der Waals surface area contributed by atoms with E-state index in [1.54, 1.807) is 0 Å². The first kappa shape index (κ1) is 15.7. The predicted molar refractivity (Wildman–Crippen MR) is 72.8 cm³/mol. The standard InChI is InChI=1S/C11H15ClN2O4S/c1-18-6-5-14-10(15)7-19(16,17)11-8(12)3-2-4-9(11)13/h2-4H,5-7,13H2,1H3,(H,14,15). The van der Waals surface area contributed by atoms with E-state index in [1.165, 1.54) is 25.3 Å². The molecule has 0 aliphatic rings. The number of sulfone groups is 1.